The molecule has 0 saturated heterocycles. The van der Waals surface area contributed by atoms with E-state index in [9.17, 15) is 38.5 Å². The molecule has 0 radical (unpaired) electrons. The van der Waals surface area contributed by atoms with Gasteiger partial charge in [0.1, 0.15) is 13.6 Å². The number of phosphoric ester groups is 1. The van der Waals surface area contributed by atoms with Crippen molar-refractivity contribution in [2.75, 3.05) is 6.61 Å². The van der Waals surface area contributed by atoms with Gasteiger partial charge in [0.15, 0.2) is 5.67 Å². The molecule has 0 heterocycles. The fraction of sp³-hybridized carbons (Fsp3) is 0.565. The van der Waals surface area contributed by atoms with Crippen molar-refractivity contribution in [1.29, 1.82) is 0 Å². The van der Waals surface area contributed by atoms with Crippen LogP contribution in [-0.4, -0.2) is 24.2 Å². The third-order valence-electron chi connectivity index (χ3n) is 6.80. The molecule has 38 heavy (non-hydrogen) atoms. The van der Waals surface area contributed by atoms with Crippen LogP contribution in [0.1, 0.15) is 45.4 Å². The van der Waals surface area contributed by atoms with E-state index in [0.717, 1.165) is 11.8 Å². The van der Waals surface area contributed by atoms with Gasteiger partial charge in [0.05, 0.1) is 24.3 Å². The molecule has 0 aromatic heterocycles. The molecule has 4 aliphatic rings. The van der Waals surface area contributed by atoms with Crippen LogP contribution in [0.5, 0.6) is 5.75 Å². The first kappa shape index (κ1) is 41.7. The van der Waals surface area contributed by atoms with Crippen LogP contribution in [-0.2, 0) is 18.9 Å². The quantitative estimate of drug-likeness (QED) is 0.124. The number of halogens is 1. The number of para-hydroxylation sites is 1. The van der Waals surface area contributed by atoms with Gasteiger partial charge in [-0.15, -0.1) is 0 Å². The molecule has 5 rings (SSSR count). The third kappa shape index (κ3) is 11.7. The molecular formula is C23H26FNa4O9P. The van der Waals surface area contributed by atoms with Crippen molar-refractivity contribution in [3.05, 3.63) is 41.7 Å². The average Bonchev–Trinajstić information content (AvgIpc) is 2.72. The van der Waals surface area contributed by atoms with Crippen molar-refractivity contribution in [3.8, 4) is 5.75 Å². The van der Waals surface area contributed by atoms with E-state index >= 15 is 0 Å². The maximum absolute atomic E-state index is 13.8. The molecule has 15 heteroatoms. The number of carbonyl (C=O) groups is 2. The van der Waals surface area contributed by atoms with Crippen LogP contribution in [0.15, 0.2) is 41.7 Å². The molecule has 4 aliphatic carbocycles. The molecule has 1 aromatic carbocycles. The van der Waals surface area contributed by atoms with Crippen LogP contribution in [0.4, 0.5) is 4.39 Å². The van der Waals surface area contributed by atoms with Gasteiger partial charge in [0.25, 0.3) is 0 Å². The minimum Gasteiger partial charge on any atom is -0.780 e. The van der Waals surface area contributed by atoms with E-state index in [0.29, 0.717) is 17.6 Å². The van der Waals surface area contributed by atoms with E-state index < -0.39 is 31.9 Å². The van der Waals surface area contributed by atoms with Gasteiger partial charge in [-0.1, -0.05) is 18.2 Å². The number of phosphoric acid groups is 1. The average molecular weight is 588 g/mol. The summed E-state index contributed by atoms with van der Waals surface area (Å²) >= 11 is 0. The molecule has 188 valence electrons. The Morgan fingerprint density at radius 2 is 1.37 bits per heavy atom. The van der Waals surface area contributed by atoms with Crippen molar-refractivity contribution in [2.24, 2.45) is 23.7 Å². The number of ether oxygens (including phenoxy) is 1. The Morgan fingerprint density at radius 3 is 1.76 bits per heavy atom. The zero-order chi connectivity index (χ0) is 25.1. The molecule has 0 amide bonds. The predicted octanol–water partition coefficient (Wildman–Crippen LogP) is -11.8. The minimum atomic E-state index is -4.89. The first-order valence-electron chi connectivity index (χ1n) is 11.1. The molecule has 0 unspecified atom stereocenters. The second kappa shape index (κ2) is 18.3. The van der Waals surface area contributed by atoms with Crippen molar-refractivity contribution in [3.63, 3.8) is 0 Å². The molecule has 0 spiro atoms. The van der Waals surface area contributed by atoms with Gasteiger partial charge in [-0.05, 0) is 80.4 Å². The molecule has 0 atom stereocenters. The third-order valence-corrected chi connectivity index (χ3v) is 7.23. The minimum absolute atomic E-state index is 0. The van der Waals surface area contributed by atoms with Gasteiger partial charge in [-0.25, -0.2) is 4.39 Å². The van der Waals surface area contributed by atoms with Gasteiger partial charge in [-0.3, -0.25) is 0 Å². The molecule has 0 N–H and O–H groups in total. The SMILES string of the molecule is CC(OCCC(F)(C(=O)[O-])C(=O)[O-])=C1C2CC3CC(C2)CC1C3.O=P([O-])([O-])Oc1ccccc1.[Na+].[Na+].[Na+].[Na+]. The van der Waals surface area contributed by atoms with Crippen LogP contribution >= 0.6 is 7.82 Å². The summed E-state index contributed by atoms with van der Waals surface area (Å²) < 4.78 is 33.4. The van der Waals surface area contributed by atoms with E-state index in [1.54, 1.807) is 18.2 Å². The molecule has 0 aliphatic heterocycles. The predicted molar refractivity (Wildman–Crippen MR) is 109 cm³/mol. The number of carboxylic acids is 2. The monoisotopic (exact) mass is 588 g/mol. The summed E-state index contributed by atoms with van der Waals surface area (Å²) in [5, 5.41) is 21.3. The Morgan fingerprint density at radius 1 is 0.921 bits per heavy atom. The number of carbonyl (C=O) groups excluding carboxylic acids is 2. The van der Waals surface area contributed by atoms with Crippen LogP contribution in [0.2, 0.25) is 0 Å². The first-order chi connectivity index (χ1) is 15.9. The fourth-order valence-corrected chi connectivity index (χ4v) is 5.97. The fourth-order valence-electron chi connectivity index (χ4n) is 5.59. The normalized spacial score (nSPS) is 22.6. The summed E-state index contributed by atoms with van der Waals surface area (Å²) in [4.78, 5) is 41.4. The molecule has 9 nitrogen and oxygen atoms in total. The number of hydrogen-bond donors (Lipinski definition) is 0. The topological polar surface area (TPSA) is 162 Å². The van der Waals surface area contributed by atoms with E-state index in [2.05, 4.69) is 4.52 Å². The van der Waals surface area contributed by atoms with Crippen LogP contribution in [0, 0.1) is 23.7 Å². The second-order valence-electron chi connectivity index (χ2n) is 9.14. The maximum Gasteiger partial charge on any atom is 1.00 e. The van der Waals surface area contributed by atoms with E-state index in [-0.39, 0.29) is 131 Å². The van der Waals surface area contributed by atoms with Crippen LogP contribution in [0.3, 0.4) is 0 Å². The van der Waals surface area contributed by atoms with Gasteiger partial charge in [-0.2, -0.15) is 0 Å². The summed E-state index contributed by atoms with van der Waals surface area (Å²) in [5.74, 6) is -1.18. The van der Waals surface area contributed by atoms with E-state index in [1.165, 1.54) is 49.8 Å². The standard InChI is InChI=1S/C17H23FO5.C6H7O4P.4Na/c1-9(23-3-2-17(18,15(19)20)16(21)22)14-12-5-10-4-11(7-12)8-13(14)6-10;7-11(8,9)10-6-4-2-1-3-5-6;;;;/h10-13H,2-8H2,1H3,(H,19,20)(H,21,22);1-5H,(H2,7,8,9);;;;/q;;4*+1/p-4. The Kier molecular flexibility index (Phi) is 20.1. The van der Waals surface area contributed by atoms with Gasteiger partial charge < -0.3 is 43.4 Å². The molecule has 4 bridgehead atoms. The number of benzene rings is 1. The number of carboxylic acid groups (broad SMARTS) is 2. The Bertz CT molecular complexity index is 946. The van der Waals surface area contributed by atoms with E-state index in [4.69, 9.17) is 4.74 Å². The van der Waals surface area contributed by atoms with Gasteiger partial charge in [0.2, 0.25) is 0 Å². The Hall–Kier alpha value is 1.58. The van der Waals surface area contributed by atoms with Crippen LogP contribution < -0.4 is 143 Å². The van der Waals surface area contributed by atoms with Crippen molar-refractivity contribution >= 4 is 19.8 Å². The first-order valence-corrected chi connectivity index (χ1v) is 12.6. The molecule has 4 fully saturated rings. The molecular weight excluding hydrogens is 562 g/mol. The maximum atomic E-state index is 13.8. The number of aliphatic carboxylic acids is 2. The van der Waals surface area contributed by atoms with Crippen molar-refractivity contribution in [2.45, 2.75) is 51.1 Å². The van der Waals surface area contributed by atoms with E-state index in [1.807, 2.05) is 6.92 Å². The summed E-state index contributed by atoms with van der Waals surface area (Å²) in [6.07, 6.45) is 5.22. The molecule has 1 aromatic rings. The summed E-state index contributed by atoms with van der Waals surface area (Å²) in [7, 11) is -4.89. The van der Waals surface area contributed by atoms with Crippen LogP contribution in [0.25, 0.3) is 0 Å². The number of allylic oxidation sites excluding steroid dienone is 2. The van der Waals surface area contributed by atoms with Crippen molar-refractivity contribution in [1.82, 2.24) is 0 Å². The van der Waals surface area contributed by atoms with Crippen molar-refractivity contribution < 1.29 is 166 Å². The summed E-state index contributed by atoms with van der Waals surface area (Å²) in [6, 6.07) is 7.62. The number of alkyl halides is 1. The smallest absolute Gasteiger partial charge is 0.780 e. The number of hydrogen-bond acceptors (Lipinski definition) is 9. The summed E-state index contributed by atoms with van der Waals surface area (Å²) in [6.45, 7) is 1.50. The largest absolute Gasteiger partial charge is 1.00 e. The Labute approximate surface area is 310 Å². The zero-order valence-corrected chi connectivity index (χ0v) is 31.5. The second-order valence-corrected chi connectivity index (χ2v) is 10.2. The number of rotatable bonds is 8. The summed E-state index contributed by atoms with van der Waals surface area (Å²) in [5.41, 5.74) is -2.22. The van der Waals surface area contributed by atoms with Gasteiger partial charge >= 0.3 is 118 Å². The zero-order valence-electron chi connectivity index (χ0n) is 22.6. The van der Waals surface area contributed by atoms with Gasteiger partial charge in [0, 0.05) is 6.42 Å². The molecule has 4 saturated carbocycles. The Balaban J connectivity index is 0.